The van der Waals surface area contributed by atoms with Crippen LogP contribution in [0.15, 0.2) is 59.1 Å². The Morgan fingerprint density at radius 1 is 1.03 bits per heavy atom. The number of esters is 1. The number of benzene rings is 2. The van der Waals surface area contributed by atoms with E-state index >= 15 is 0 Å². The number of aromatic nitrogens is 1. The van der Waals surface area contributed by atoms with Crippen molar-refractivity contribution in [2.45, 2.75) is 27.3 Å². The highest BCUT2D eigenvalue weighted by molar-refractivity contribution is 9.10. The third-order valence-corrected chi connectivity index (χ3v) is 8.30. The van der Waals surface area contributed by atoms with Gasteiger partial charge in [-0.15, -0.1) is 0 Å². The molecule has 2 aromatic carbocycles. The van der Waals surface area contributed by atoms with Gasteiger partial charge in [-0.2, -0.15) is 0 Å². The molecule has 0 saturated heterocycles. The molecular weight excluding hydrogens is 561 g/mol. The van der Waals surface area contributed by atoms with E-state index < -0.39 is 27.2 Å². The first-order chi connectivity index (χ1) is 14.3. The highest BCUT2D eigenvalue weighted by Crippen LogP contribution is 2.22. The second-order valence-corrected chi connectivity index (χ2v) is 10.1. The highest BCUT2D eigenvalue weighted by Gasteiger charge is 2.33. The average molecular weight is 584 g/mol. The number of carbonyl (C=O) groups is 2. The molecule has 1 heterocycles. The minimum absolute atomic E-state index is 0.248. The van der Waals surface area contributed by atoms with Crippen LogP contribution in [0.4, 0.5) is 0 Å². The number of hydrogen-bond donors (Lipinski definition) is 0. The van der Waals surface area contributed by atoms with Crippen molar-refractivity contribution in [3.05, 3.63) is 88.7 Å². The minimum atomic E-state index is -1.08. The van der Waals surface area contributed by atoms with E-state index in [1.165, 1.54) is 16.2 Å². The molecule has 0 saturated carbocycles. The predicted octanol–water partition coefficient (Wildman–Crippen LogP) is 0.587. The van der Waals surface area contributed by atoms with E-state index in [-0.39, 0.29) is 5.97 Å². The SMILES string of the molecule is CC(=O)[O-].COC(=O)c1c([I+]c2ccccc2)c(C)n(Cc2ccccc2Br)c1C. The average Bonchev–Trinajstić information content (AvgIpc) is 2.93. The van der Waals surface area contributed by atoms with Gasteiger partial charge in [-0.25, -0.2) is 4.79 Å². The number of hydrogen-bond acceptors (Lipinski definition) is 4. The summed E-state index contributed by atoms with van der Waals surface area (Å²) in [6.45, 7) is 5.81. The number of carboxylic acid groups (broad SMARTS) is 1. The zero-order valence-electron chi connectivity index (χ0n) is 17.2. The fraction of sp³-hybridized carbons (Fsp3) is 0.217. The molecule has 0 radical (unpaired) electrons. The summed E-state index contributed by atoms with van der Waals surface area (Å²) in [4.78, 5) is 21.4. The lowest BCUT2D eigenvalue weighted by Gasteiger charge is -2.10. The molecule has 0 fully saturated rings. The topological polar surface area (TPSA) is 71.4 Å². The van der Waals surface area contributed by atoms with Crippen LogP contribution in [0.3, 0.4) is 0 Å². The van der Waals surface area contributed by atoms with Crippen molar-refractivity contribution >= 4 is 27.9 Å². The van der Waals surface area contributed by atoms with Crippen molar-refractivity contribution in [3.63, 3.8) is 0 Å². The standard InChI is InChI=1S/C21H20BrINO2.C2H4O2/c1-14-19(21(25)26-3)20(23-17-10-5-4-6-11-17)15(2)24(14)13-16-9-7-8-12-18(16)22;1-2(3)4/h4-12H,13H2,1-3H3;1H3,(H,3,4)/q+1;/p-1. The molecule has 7 heteroatoms. The van der Waals surface area contributed by atoms with Gasteiger partial charge in [0.05, 0.1) is 12.8 Å². The molecule has 30 heavy (non-hydrogen) atoms. The number of aliphatic carboxylic acids is 1. The molecule has 0 spiro atoms. The number of ether oxygens (including phenoxy) is 1. The van der Waals surface area contributed by atoms with Gasteiger partial charge >= 0.3 is 27.2 Å². The van der Waals surface area contributed by atoms with Crippen LogP contribution < -0.4 is 26.3 Å². The lowest BCUT2D eigenvalue weighted by molar-refractivity contribution is -0.598. The Morgan fingerprint density at radius 3 is 2.17 bits per heavy atom. The number of nitrogens with zero attached hydrogens (tertiary/aromatic N) is 1. The normalized spacial score (nSPS) is 10.2. The molecule has 3 aromatic rings. The van der Waals surface area contributed by atoms with Gasteiger partial charge < -0.3 is 19.2 Å². The van der Waals surface area contributed by atoms with Gasteiger partial charge in [-0.1, -0.05) is 52.3 Å². The molecule has 0 aliphatic heterocycles. The Labute approximate surface area is 195 Å². The van der Waals surface area contributed by atoms with Gasteiger partial charge in [-0.05, 0) is 44.5 Å². The summed E-state index contributed by atoms with van der Waals surface area (Å²) < 4.78 is 10.8. The maximum atomic E-state index is 12.5. The van der Waals surface area contributed by atoms with E-state index in [0.717, 1.165) is 38.5 Å². The number of carbonyl (C=O) groups excluding carboxylic acids is 2. The van der Waals surface area contributed by atoms with E-state index in [4.69, 9.17) is 14.6 Å². The van der Waals surface area contributed by atoms with Gasteiger partial charge in [0.1, 0.15) is 5.56 Å². The van der Waals surface area contributed by atoms with Crippen LogP contribution in [0, 0.1) is 21.0 Å². The third-order valence-electron chi connectivity index (χ3n) is 4.32. The Morgan fingerprint density at radius 2 is 1.60 bits per heavy atom. The second kappa shape index (κ2) is 11.3. The Balaban J connectivity index is 0.000000735. The summed E-state index contributed by atoms with van der Waals surface area (Å²) in [5.74, 6) is -1.33. The summed E-state index contributed by atoms with van der Waals surface area (Å²) in [6, 6.07) is 18.6. The molecule has 1 aromatic heterocycles. The first kappa shape index (κ1) is 24.1. The first-order valence-electron chi connectivity index (χ1n) is 9.15. The summed E-state index contributed by atoms with van der Waals surface area (Å²) in [6.07, 6.45) is 0. The number of rotatable bonds is 5. The van der Waals surface area contributed by atoms with Crippen LogP contribution in [0.25, 0.3) is 0 Å². The summed E-state index contributed by atoms with van der Waals surface area (Å²) in [5, 5.41) is 8.89. The molecule has 0 aliphatic rings. The van der Waals surface area contributed by atoms with Crippen molar-refractivity contribution < 1.29 is 40.6 Å². The van der Waals surface area contributed by atoms with E-state index in [0.29, 0.717) is 0 Å². The largest absolute Gasteiger partial charge is 0.550 e. The lowest BCUT2D eigenvalue weighted by atomic mass is 10.2. The fourth-order valence-electron chi connectivity index (χ4n) is 2.92. The Kier molecular flexibility index (Phi) is 9.10. The monoisotopic (exact) mass is 583 g/mol. The van der Waals surface area contributed by atoms with Crippen molar-refractivity contribution in [3.8, 4) is 0 Å². The zero-order valence-corrected chi connectivity index (χ0v) is 21.0. The van der Waals surface area contributed by atoms with Crippen molar-refractivity contribution in [1.29, 1.82) is 0 Å². The molecule has 158 valence electrons. The van der Waals surface area contributed by atoms with E-state index in [1.54, 1.807) is 0 Å². The second-order valence-electron chi connectivity index (χ2n) is 6.41. The summed E-state index contributed by atoms with van der Waals surface area (Å²) in [5.41, 5.74) is 4.04. The van der Waals surface area contributed by atoms with Crippen LogP contribution >= 0.6 is 15.9 Å². The molecule has 0 bridgehead atoms. The third kappa shape index (κ3) is 6.18. The maximum Gasteiger partial charge on any atom is 0.360 e. The Bertz CT molecular complexity index is 1030. The van der Waals surface area contributed by atoms with Crippen LogP contribution in [0.1, 0.15) is 34.2 Å². The minimum Gasteiger partial charge on any atom is -0.550 e. The van der Waals surface area contributed by atoms with Gasteiger partial charge in [-0.3, -0.25) is 0 Å². The van der Waals surface area contributed by atoms with E-state index in [2.05, 4.69) is 45.6 Å². The number of methoxy groups -OCH3 is 1. The van der Waals surface area contributed by atoms with Gasteiger partial charge in [0.2, 0.25) is 3.57 Å². The molecular formula is C23H23BrINO4. The number of carboxylic acids is 1. The molecule has 0 atom stereocenters. The van der Waals surface area contributed by atoms with Crippen LogP contribution in [-0.4, -0.2) is 23.6 Å². The molecule has 5 nitrogen and oxygen atoms in total. The summed E-state index contributed by atoms with van der Waals surface area (Å²) >= 11 is 3.16. The van der Waals surface area contributed by atoms with Crippen molar-refractivity contribution in [2.75, 3.05) is 7.11 Å². The first-order valence-corrected chi connectivity index (χ1v) is 12.1. The summed E-state index contributed by atoms with van der Waals surface area (Å²) in [7, 11) is 1.45. The molecule has 0 unspecified atom stereocenters. The fourth-order valence-corrected chi connectivity index (χ4v) is 6.29. The quantitative estimate of drug-likeness (QED) is 0.326. The smallest absolute Gasteiger partial charge is 0.360 e. The van der Waals surface area contributed by atoms with Crippen molar-refractivity contribution in [2.24, 2.45) is 0 Å². The molecule has 0 N–H and O–H groups in total. The molecule has 0 aliphatic carbocycles. The Hall–Kier alpha value is -2.13. The molecule has 3 rings (SSSR count). The highest BCUT2D eigenvalue weighted by atomic mass is 127. The van der Waals surface area contributed by atoms with E-state index in [9.17, 15) is 4.79 Å². The van der Waals surface area contributed by atoms with Gasteiger partial charge in [0.15, 0.2) is 3.57 Å². The zero-order chi connectivity index (χ0) is 22.3. The van der Waals surface area contributed by atoms with Crippen LogP contribution in [-0.2, 0) is 16.1 Å². The van der Waals surface area contributed by atoms with Gasteiger partial charge in [0.25, 0.3) is 0 Å². The van der Waals surface area contributed by atoms with Crippen molar-refractivity contribution in [1.82, 2.24) is 4.57 Å². The predicted molar refractivity (Wildman–Crippen MR) is 113 cm³/mol. The molecule has 0 amide bonds. The number of halogens is 2. The van der Waals surface area contributed by atoms with Gasteiger partial charge in [0, 0.05) is 22.7 Å². The van der Waals surface area contributed by atoms with E-state index in [1.807, 2.05) is 43.3 Å². The van der Waals surface area contributed by atoms with Crippen LogP contribution in [0.2, 0.25) is 0 Å². The maximum absolute atomic E-state index is 12.5. The van der Waals surface area contributed by atoms with Crippen LogP contribution in [0.5, 0.6) is 0 Å². The lowest BCUT2D eigenvalue weighted by Crippen LogP contribution is -3.62.